The van der Waals surface area contributed by atoms with Gasteiger partial charge in [-0.3, -0.25) is 9.48 Å². The van der Waals surface area contributed by atoms with Gasteiger partial charge in [0.1, 0.15) is 5.76 Å². The molecule has 3 heterocycles. The quantitative estimate of drug-likeness (QED) is 0.872. The van der Waals surface area contributed by atoms with Crippen LogP contribution in [0.4, 0.5) is 0 Å². The van der Waals surface area contributed by atoms with Crippen LogP contribution in [0.1, 0.15) is 36.5 Å². The van der Waals surface area contributed by atoms with Crippen molar-refractivity contribution in [2.45, 2.75) is 44.7 Å². The lowest BCUT2D eigenvalue weighted by molar-refractivity contribution is -0.133. The zero-order chi connectivity index (χ0) is 15.1. The Labute approximate surface area is 129 Å². The van der Waals surface area contributed by atoms with Gasteiger partial charge in [-0.1, -0.05) is 0 Å². The summed E-state index contributed by atoms with van der Waals surface area (Å²) in [4.78, 5) is 14.8. The number of carbonyl (C=O) groups excluding carboxylic acids is 1. The third-order valence-corrected chi connectivity index (χ3v) is 4.84. The smallest absolute Gasteiger partial charge is 0.226 e. The van der Waals surface area contributed by atoms with Crippen molar-refractivity contribution in [3.8, 4) is 0 Å². The van der Waals surface area contributed by atoms with Crippen molar-refractivity contribution in [1.82, 2.24) is 14.7 Å². The van der Waals surface area contributed by atoms with Crippen LogP contribution in [-0.2, 0) is 11.3 Å². The number of nitrogens with zero attached hydrogens (tertiary/aromatic N) is 3. The summed E-state index contributed by atoms with van der Waals surface area (Å²) in [5, 5.41) is 4.35. The van der Waals surface area contributed by atoms with Gasteiger partial charge in [-0.25, -0.2) is 0 Å². The minimum absolute atomic E-state index is 0.117. The second-order valence-corrected chi connectivity index (χ2v) is 6.53. The molecule has 0 N–H and O–H groups in total. The topological polar surface area (TPSA) is 51.3 Å². The summed E-state index contributed by atoms with van der Waals surface area (Å²) in [5.41, 5.74) is 1.16. The van der Waals surface area contributed by atoms with E-state index >= 15 is 0 Å². The Morgan fingerprint density at radius 2 is 2.41 bits per heavy atom. The number of furan rings is 1. The highest BCUT2D eigenvalue weighted by molar-refractivity contribution is 5.83. The molecule has 22 heavy (non-hydrogen) atoms. The zero-order valence-electron chi connectivity index (χ0n) is 12.8. The van der Waals surface area contributed by atoms with Gasteiger partial charge >= 0.3 is 0 Å². The Morgan fingerprint density at radius 3 is 3.14 bits per heavy atom. The molecule has 5 heteroatoms. The molecule has 116 valence electrons. The fourth-order valence-electron chi connectivity index (χ4n) is 3.60. The van der Waals surface area contributed by atoms with E-state index in [1.807, 2.05) is 36.1 Å². The van der Waals surface area contributed by atoms with Gasteiger partial charge < -0.3 is 9.32 Å². The van der Waals surface area contributed by atoms with Gasteiger partial charge in [-0.15, -0.1) is 0 Å². The first-order valence-corrected chi connectivity index (χ1v) is 8.05. The van der Waals surface area contributed by atoms with Crippen LogP contribution < -0.4 is 0 Å². The molecule has 1 aliphatic carbocycles. The van der Waals surface area contributed by atoms with Crippen molar-refractivity contribution >= 4 is 5.91 Å². The molecule has 1 amide bonds. The number of aromatic nitrogens is 2. The van der Waals surface area contributed by atoms with Crippen LogP contribution >= 0.6 is 0 Å². The van der Waals surface area contributed by atoms with E-state index in [0.717, 1.165) is 43.7 Å². The summed E-state index contributed by atoms with van der Waals surface area (Å²) in [6.07, 6.45) is 8.70. The molecule has 3 atom stereocenters. The van der Waals surface area contributed by atoms with E-state index in [9.17, 15) is 4.79 Å². The number of rotatable bonds is 4. The lowest BCUT2D eigenvalue weighted by Crippen LogP contribution is -2.39. The Balaban J connectivity index is 1.42. The number of carbonyl (C=O) groups is 1. The fourth-order valence-corrected chi connectivity index (χ4v) is 3.60. The maximum atomic E-state index is 12.8. The van der Waals surface area contributed by atoms with Crippen molar-refractivity contribution in [2.24, 2.45) is 5.92 Å². The SMILES string of the molecule is Cc1cnn(C[C@@H]2CCCN2C(=O)[C@H]2C[C@@H]2c2ccco2)c1. The van der Waals surface area contributed by atoms with Crippen molar-refractivity contribution in [3.05, 3.63) is 42.1 Å². The molecular weight excluding hydrogens is 278 g/mol. The molecule has 0 radical (unpaired) electrons. The molecule has 0 bridgehead atoms. The normalized spacial score (nSPS) is 27.3. The van der Waals surface area contributed by atoms with Crippen LogP contribution in [0.15, 0.2) is 35.2 Å². The van der Waals surface area contributed by atoms with Crippen LogP contribution in [0, 0.1) is 12.8 Å². The Bertz CT molecular complexity index is 661. The first-order chi connectivity index (χ1) is 10.7. The minimum Gasteiger partial charge on any atom is -0.469 e. The summed E-state index contributed by atoms with van der Waals surface area (Å²) in [6.45, 7) is 3.72. The van der Waals surface area contributed by atoms with Crippen LogP contribution in [0.25, 0.3) is 0 Å². The summed E-state index contributed by atoms with van der Waals surface area (Å²) in [7, 11) is 0. The van der Waals surface area contributed by atoms with E-state index in [2.05, 4.69) is 10.00 Å². The van der Waals surface area contributed by atoms with Crippen LogP contribution in [0.5, 0.6) is 0 Å². The summed E-state index contributed by atoms with van der Waals surface area (Å²) in [6, 6.07) is 4.16. The molecule has 5 nitrogen and oxygen atoms in total. The fraction of sp³-hybridized carbons (Fsp3) is 0.529. The summed E-state index contributed by atoms with van der Waals surface area (Å²) >= 11 is 0. The van der Waals surface area contributed by atoms with Gasteiger partial charge in [0.25, 0.3) is 0 Å². The number of amides is 1. The van der Waals surface area contributed by atoms with Crippen LogP contribution in [0.2, 0.25) is 0 Å². The Kier molecular flexibility index (Phi) is 3.28. The van der Waals surface area contributed by atoms with Gasteiger partial charge in [-0.05, 0) is 43.9 Å². The molecule has 0 aromatic carbocycles. The standard InChI is InChI=1S/C17H21N3O2/c1-12-9-18-19(10-12)11-13-4-2-6-20(13)17(21)15-8-14(15)16-5-3-7-22-16/h3,5,7,9-10,13-15H,2,4,6,8,11H2,1H3/t13-,14-,15-/m0/s1. The van der Waals surface area contributed by atoms with Gasteiger partial charge in [-0.2, -0.15) is 5.10 Å². The van der Waals surface area contributed by atoms with Crippen LogP contribution in [-0.4, -0.2) is 33.2 Å². The van der Waals surface area contributed by atoms with Crippen molar-refractivity contribution in [2.75, 3.05) is 6.54 Å². The first-order valence-electron chi connectivity index (χ1n) is 8.05. The summed E-state index contributed by atoms with van der Waals surface area (Å²) in [5.74, 6) is 1.66. The van der Waals surface area contributed by atoms with Gasteiger partial charge in [0.2, 0.25) is 5.91 Å². The first kappa shape index (κ1) is 13.6. The van der Waals surface area contributed by atoms with Gasteiger partial charge in [0, 0.05) is 24.6 Å². The van der Waals surface area contributed by atoms with E-state index < -0.39 is 0 Å². The average Bonchev–Trinajstić information content (AvgIpc) is 2.93. The highest BCUT2D eigenvalue weighted by Gasteiger charge is 2.49. The number of aryl methyl sites for hydroxylation is 1. The summed E-state index contributed by atoms with van der Waals surface area (Å²) < 4.78 is 7.40. The molecule has 2 aromatic rings. The van der Waals surface area contributed by atoms with Crippen molar-refractivity contribution in [1.29, 1.82) is 0 Å². The van der Waals surface area contributed by atoms with E-state index in [0.29, 0.717) is 5.91 Å². The third kappa shape index (κ3) is 2.45. The molecule has 1 saturated carbocycles. The van der Waals surface area contributed by atoms with E-state index in [-0.39, 0.29) is 17.9 Å². The molecule has 4 rings (SSSR count). The molecule has 0 spiro atoms. The second-order valence-electron chi connectivity index (χ2n) is 6.53. The predicted molar refractivity (Wildman–Crippen MR) is 81.3 cm³/mol. The van der Waals surface area contributed by atoms with Crippen molar-refractivity contribution in [3.63, 3.8) is 0 Å². The second kappa shape index (κ2) is 5.30. The Hall–Kier alpha value is -2.04. The van der Waals surface area contributed by atoms with Gasteiger partial charge in [0.15, 0.2) is 0 Å². The molecule has 1 saturated heterocycles. The average molecular weight is 299 g/mol. The number of likely N-dealkylation sites (tertiary alicyclic amines) is 1. The lowest BCUT2D eigenvalue weighted by Gasteiger charge is -2.25. The molecule has 1 aliphatic heterocycles. The Morgan fingerprint density at radius 1 is 1.50 bits per heavy atom. The highest BCUT2D eigenvalue weighted by Crippen LogP contribution is 2.49. The van der Waals surface area contributed by atoms with Crippen molar-refractivity contribution < 1.29 is 9.21 Å². The molecular formula is C17H21N3O2. The van der Waals surface area contributed by atoms with E-state index in [1.54, 1.807) is 6.26 Å². The molecule has 0 unspecified atom stereocenters. The minimum atomic E-state index is 0.117. The number of hydrogen-bond donors (Lipinski definition) is 0. The highest BCUT2D eigenvalue weighted by atomic mass is 16.3. The van der Waals surface area contributed by atoms with E-state index in [1.165, 1.54) is 0 Å². The maximum Gasteiger partial charge on any atom is 0.226 e. The lowest BCUT2D eigenvalue weighted by atomic mass is 10.2. The molecule has 2 fully saturated rings. The predicted octanol–water partition coefficient (Wildman–Crippen LogP) is 2.58. The molecule has 2 aliphatic rings. The number of hydrogen-bond acceptors (Lipinski definition) is 3. The van der Waals surface area contributed by atoms with E-state index in [4.69, 9.17) is 4.42 Å². The monoisotopic (exact) mass is 299 g/mol. The third-order valence-electron chi connectivity index (χ3n) is 4.84. The largest absolute Gasteiger partial charge is 0.469 e. The zero-order valence-corrected chi connectivity index (χ0v) is 12.8. The maximum absolute atomic E-state index is 12.8. The molecule has 2 aromatic heterocycles. The van der Waals surface area contributed by atoms with Crippen LogP contribution in [0.3, 0.4) is 0 Å². The van der Waals surface area contributed by atoms with Gasteiger partial charge in [0.05, 0.1) is 25.0 Å².